The van der Waals surface area contributed by atoms with Crippen LogP contribution in [0, 0.1) is 0 Å². The van der Waals surface area contributed by atoms with Crippen LogP contribution in [0.3, 0.4) is 0 Å². The minimum atomic E-state index is -0.504. The first kappa shape index (κ1) is 32.1. The summed E-state index contributed by atoms with van der Waals surface area (Å²) in [6, 6.07) is 5.45. The molecule has 0 fully saturated rings. The summed E-state index contributed by atoms with van der Waals surface area (Å²) in [6.07, 6.45) is 11.3. The van der Waals surface area contributed by atoms with Gasteiger partial charge in [-0.15, -0.1) is 0 Å². The minimum Gasteiger partial charge on any atom is -0.476 e. The second-order valence-electron chi connectivity index (χ2n) is 6.99. The molecule has 0 spiro atoms. The Balaban J connectivity index is 0.00000118. The van der Waals surface area contributed by atoms with E-state index in [0.717, 1.165) is 11.4 Å². The molecule has 1 unspecified atom stereocenters. The number of hydrogen-bond donors (Lipinski definition) is 3. The molecular weight excluding hydrogens is 473 g/mol. The van der Waals surface area contributed by atoms with Crippen molar-refractivity contribution in [3.05, 3.63) is 64.2 Å². The molecule has 0 amide bonds. The van der Waals surface area contributed by atoms with Crippen LogP contribution in [0.25, 0.3) is 0 Å². The number of aromatic nitrogens is 2. The number of halogens is 2. The number of benzene rings is 1. The van der Waals surface area contributed by atoms with E-state index in [1.807, 2.05) is 36.7 Å². The maximum Gasteiger partial charge on any atom is 0.171 e. The molecule has 0 saturated carbocycles. The molecule has 7 nitrogen and oxygen atoms in total. The zero-order valence-corrected chi connectivity index (χ0v) is 22.6. The molecule has 2 aromatic rings. The highest BCUT2D eigenvalue weighted by molar-refractivity contribution is 6.34. The SMILES string of the molecule is C/C=C\CCC.CC.CC(O)NCCNC/N=C/OCc1nccn1Cc1cc(Cl)cc(Cl)c1. The molecule has 9 heteroatoms. The lowest BCUT2D eigenvalue weighted by atomic mass is 10.2. The lowest BCUT2D eigenvalue weighted by Crippen LogP contribution is -2.33. The third kappa shape index (κ3) is 16.7. The van der Waals surface area contributed by atoms with Gasteiger partial charge < -0.3 is 14.4 Å². The molecule has 192 valence electrons. The molecule has 1 aromatic carbocycles. The Kier molecular flexibility index (Phi) is 20.4. The number of aliphatic imine (C=N–C) groups is 1. The second kappa shape index (κ2) is 21.6. The van der Waals surface area contributed by atoms with Crippen LogP contribution in [0.5, 0.6) is 0 Å². The Hall–Kier alpha value is -1.90. The predicted molar refractivity (Wildman–Crippen MR) is 145 cm³/mol. The topological polar surface area (TPSA) is 83.7 Å². The summed E-state index contributed by atoms with van der Waals surface area (Å²) < 4.78 is 7.39. The van der Waals surface area contributed by atoms with Crippen molar-refractivity contribution in [2.75, 3.05) is 19.8 Å². The van der Waals surface area contributed by atoms with Gasteiger partial charge in [-0.05, 0) is 44.0 Å². The molecule has 3 N–H and O–H groups in total. The van der Waals surface area contributed by atoms with Crippen LogP contribution >= 0.6 is 23.2 Å². The quantitative estimate of drug-likeness (QED) is 0.106. The number of aliphatic hydroxyl groups is 1. The number of rotatable bonds is 13. The Morgan fingerprint density at radius 3 is 2.50 bits per heavy atom. The number of nitrogens with one attached hydrogen (secondary N) is 2. The molecule has 0 saturated heterocycles. The van der Waals surface area contributed by atoms with E-state index >= 15 is 0 Å². The predicted octanol–water partition coefficient (Wildman–Crippen LogP) is 5.65. The fourth-order valence-electron chi connectivity index (χ4n) is 2.57. The molecule has 0 bridgehead atoms. The van der Waals surface area contributed by atoms with Crippen molar-refractivity contribution in [1.29, 1.82) is 0 Å². The van der Waals surface area contributed by atoms with Gasteiger partial charge in [0.15, 0.2) is 6.40 Å². The maximum absolute atomic E-state index is 9.05. The third-order valence-corrected chi connectivity index (χ3v) is 4.51. The summed E-state index contributed by atoms with van der Waals surface area (Å²) in [6.45, 7) is 12.6. The van der Waals surface area contributed by atoms with Gasteiger partial charge in [0, 0.05) is 42.1 Å². The first-order chi connectivity index (χ1) is 16.5. The van der Waals surface area contributed by atoms with Gasteiger partial charge in [0.1, 0.15) is 18.7 Å². The Morgan fingerprint density at radius 1 is 1.21 bits per heavy atom. The summed E-state index contributed by atoms with van der Waals surface area (Å²) in [5.74, 6) is 0.779. The summed E-state index contributed by atoms with van der Waals surface area (Å²) in [5, 5.41) is 16.2. The Morgan fingerprint density at radius 2 is 1.91 bits per heavy atom. The van der Waals surface area contributed by atoms with E-state index in [1.165, 1.54) is 19.2 Å². The molecule has 34 heavy (non-hydrogen) atoms. The lowest BCUT2D eigenvalue weighted by Gasteiger charge is -2.09. The number of nitrogens with zero attached hydrogens (tertiary/aromatic N) is 3. The molecule has 0 aliphatic rings. The van der Waals surface area contributed by atoms with E-state index in [9.17, 15) is 0 Å². The fraction of sp³-hybridized carbons (Fsp3) is 0.520. The van der Waals surface area contributed by atoms with E-state index in [4.69, 9.17) is 33.0 Å². The Bertz CT molecular complexity index is 790. The largest absolute Gasteiger partial charge is 0.476 e. The van der Waals surface area contributed by atoms with Crippen LogP contribution in [0.15, 0.2) is 47.7 Å². The number of aliphatic hydroxyl groups excluding tert-OH is 1. The molecule has 2 rings (SSSR count). The van der Waals surface area contributed by atoms with Gasteiger partial charge in [-0.3, -0.25) is 10.6 Å². The molecule has 0 radical (unpaired) electrons. The fourth-order valence-corrected chi connectivity index (χ4v) is 3.14. The van der Waals surface area contributed by atoms with Crippen molar-refractivity contribution in [3.8, 4) is 0 Å². The van der Waals surface area contributed by atoms with Crippen molar-refractivity contribution in [2.45, 2.75) is 66.8 Å². The zero-order chi connectivity index (χ0) is 25.6. The normalized spacial score (nSPS) is 11.6. The van der Waals surface area contributed by atoms with Crippen LogP contribution in [0.4, 0.5) is 0 Å². The number of allylic oxidation sites excluding steroid dienone is 2. The van der Waals surface area contributed by atoms with Crippen LogP contribution in [-0.4, -0.2) is 47.0 Å². The Labute approximate surface area is 215 Å². The highest BCUT2D eigenvalue weighted by atomic mass is 35.5. The van der Waals surface area contributed by atoms with Crippen molar-refractivity contribution in [1.82, 2.24) is 20.2 Å². The van der Waals surface area contributed by atoms with E-state index < -0.39 is 6.23 Å². The number of hydrogen-bond acceptors (Lipinski definition) is 6. The van der Waals surface area contributed by atoms with Crippen LogP contribution in [-0.2, 0) is 17.9 Å². The molecule has 0 aliphatic heterocycles. The van der Waals surface area contributed by atoms with Gasteiger partial charge in [-0.25, -0.2) is 9.98 Å². The van der Waals surface area contributed by atoms with Gasteiger partial charge in [-0.2, -0.15) is 0 Å². The van der Waals surface area contributed by atoms with E-state index in [2.05, 4.69) is 46.6 Å². The summed E-state index contributed by atoms with van der Waals surface area (Å²) in [7, 11) is 0. The van der Waals surface area contributed by atoms with Crippen molar-refractivity contribution >= 4 is 29.6 Å². The van der Waals surface area contributed by atoms with Crippen molar-refractivity contribution in [3.63, 3.8) is 0 Å². The highest BCUT2D eigenvalue weighted by Crippen LogP contribution is 2.20. The highest BCUT2D eigenvalue weighted by Gasteiger charge is 2.05. The van der Waals surface area contributed by atoms with Gasteiger partial charge in [0.05, 0.1) is 6.67 Å². The number of ether oxygens (including phenoxy) is 1. The summed E-state index contributed by atoms with van der Waals surface area (Å²) in [5.41, 5.74) is 0.991. The van der Waals surface area contributed by atoms with E-state index in [-0.39, 0.29) is 0 Å². The zero-order valence-electron chi connectivity index (χ0n) is 21.1. The average molecular weight is 515 g/mol. The lowest BCUT2D eigenvalue weighted by molar-refractivity contribution is 0.157. The molecule has 0 aliphatic carbocycles. The monoisotopic (exact) mass is 513 g/mol. The smallest absolute Gasteiger partial charge is 0.171 e. The standard InChI is InChI=1S/C17H23Cl2N5O2.C6H12.C2H6/c1-13(25)22-3-2-20-11-21-12-26-10-17-23-4-5-24(17)9-14-6-15(18)8-16(19)7-14;1-3-5-6-4-2;1-2/h4-8,12-13,20,22,25H,2-3,9-11H2,1H3;3,5H,4,6H2,1-2H3;1-2H3/b21-12+;5-3-;. The van der Waals surface area contributed by atoms with Crippen LogP contribution in [0.1, 0.15) is 58.8 Å². The second-order valence-corrected chi connectivity index (χ2v) is 7.87. The molecule has 1 aromatic heterocycles. The molecule has 1 heterocycles. The van der Waals surface area contributed by atoms with Crippen molar-refractivity contribution < 1.29 is 9.84 Å². The van der Waals surface area contributed by atoms with Gasteiger partial charge in [0.25, 0.3) is 0 Å². The van der Waals surface area contributed by atoms with E-state index in [1.54, 1.807) is 19.2 Å². The molecule has 1 atom stereocenters. The number of imidazole rings is 1. The van der Waals surface area contributed by atoms with Gasteiger partial charge >= 0.3 is 0 Å². The maximum atomic E-state index is 9.05. The number of unbranched alkanes of at least 4 members (excludes halogenated alkanes) is 1. The minimum absolute atomic E-state index is 0.314. The third-order valence-electron chi connectivity index (χ3n) is 4.07. The van der Waals surface area contributed by atoms with E-state index in [0.29, 0.717) is 43.0 Å². The summed E-state index contributed by atoms with van der Waals surface area (Å²) in [4.78, 5) is 8.40. The van der Waals surface area contributed by atoms with Gasteiger partial charge in [0.2, 0.25) is 0 Å². The average Bonchev–Trinajstić information content (AvgIpc) is 3.24. The first-order valence-corrected chi connectivity index (χ1v) is 12.5. The molecular formula is C25H41Cl2N5O2. The van der Waals surface area contributed by atoms with Crippen molar-refractivity contribution in [2.24, 2.45) is 4.99 Å². The van der Waals surface area contributed by atoms with Gasteiger partial charge in [-0.1, -0.05) is 62.5 Å². The van der Waals surface area contributed by atoms with Crippen LogP contribution < -0.4 is 10.6 Å². The summed E-state index contributed by atoms with van der Waals surface area (Å²) >= 11 is 12.1. The first-order valence-electron chi connectivity index (χ1n) is 11.7. The van der Waals surface area contributed by atoms with Crippen LogP contribution in [0.2, 0.25) is 10.0 Å².